The largest absolute Gasteiger partial charge is 0.369 e. The molecule has 1 amide bonds. The molecule has 1 unspecified atom stereocenters. The summed E-state index contributed by atoms with van der Waals surface area (Å²) in [5, 5.41) is 11.5. The molecule has 2 N–H and O–H groups in total. The van der Waals surface area contributed by atoms with Crippen molar-refractivity contribution in [3.8, 4) is 0 Å². The fourth-order valence-electron chi connectivity index (χ4n) is 1.43. The van der Waals surface area contributed by atoms with Crippen LogP contribution in [0.3, 0.4) is 0 Å². The van der Waals surface area contributed by atoms with Crippen molar-refractivity contribution in [3.63, 3.8) is 0 Å². The molecule has 0 spiro atoms. The quantitative estimate of drug-likeness (QED) is 0.627. The maximum Gasteiger partial charge on any atom is 0.269 e. The Morgan fingerprint density at radius 1 is 1.57 bits per heavy atom. The molecule has 0 fully saturated rings. The summed E-state index contributed by atoms with van der Waals surface area (Å²) in [7, 11) is 1.49. The van der Waals surface area contributed by atoms with Gasteiger partial charge in [0.05, 0.1) is 5.56 Å². The minimum Gasteiger partial charge on any atom is -0.369 e. The van der Waals surface area contributed by atoms with Crippen LogP contribution < -0.4 is 10.9 Å². The van der Waals surface area contributed by atoms with Gasteiger partial charge in [0.25, 0.3) is 11.5 Å². The van der Waals surface area contributed by atoms with Gasteiger partial charge in [-0.1, -0.05) is 11.6 Å². The lowest BCUT2D eigenvalue weighted by molar-refractivity contribution is 0.0850. The Labute approximate surface area is 83.9 Å². The number of fused-ring (bicyclic) bond motifs is 1. The summed E-state index contributed by atoms with van der Waals surface area (Å²) in [4.78, 5) is 22.6. The molecule has 0 saturated heterocycles. The Hall–Kier alpha value is -1.33. The van der Waals surface area contributed by atoms with E-state index >= 15 is 0 Å². The van der Waals surface area contributed by atoms with Gasteiger partial charge in [-0.25, -0.2) is 0 Å². The minimum absolute atomic E-state index is 0.115. The number of carbonyl (C=O) groups excluding carboxylic acids is 1. The fraction of sp³-hybridized carbons (Fsp3) is 0.250. The number of nitrogens with zero attached hydrogens (tertiary/aromatic N) is 1. The summed E-state index contributed by atoms with van der Waals surface area (Å²) in [6.45, 7) is 0. The molecule has 0 aromatic carbocycles. The maximum absolute atomic E-state index is 11.4. The van der Waals surface area contributed by atoms with E-state index in [1.54, 1.807) is 0 Å². The number of nitrogens with one attached hydrogen (secondary N) is 1. The lowest BCUT2D eigenvalue weighted by Crippen LogP contribution is -2.19. The Kier molecular flexibility index (Phi) is 1.87. The highest BCUT2D eigenvalue weighted by Crippen LogP contribution is 2.27. The second kappa shape index (κ2) is 2.83. The van der Waals surface area contributed by atoms with Crippen LogP contribution in [-0.4, -0.2) is 15.6 Å². The van der Waals surface area contributed by atoms with Crippen molar-refractivity contribution in [2.24, 2.45) is 7.05 Å². The van der Waals surface area contributed by atoms with Crippen LogP contribution in [0, 0.1) is 0 Å². The van der Waals surface area contributed by atoms with Crippen LogP contribution in [0.1, 0.15) is 22.1 Å². The van der Waals surface area contributed by atoms with E-state index in [0.29, 0.717) is 0 Å². The average Bonchev–Trinajstić information content (AvgIpc) is 2.38. The van der Waals surface area contributed by atoms with E-state index in [1.165, 1.54) is 17.8 Å². The zero-order valence-electron chi connectivity index (χ0n) is 7.24. The summed E-state index contributed by atoms with van der Waals surface area (Å²) in [6.07, 6.45) is 0.175. The number of aliphatic hydroxyl groups excluding tert-OH is 1. The van der Waals surface area contributed by atoms with Gasteiger partial charge in [0.1, 0.15) is 5.02 Å². The standard InChI is InChI=1S/C8H7ClN2O3/c1-11-2-3-4(5(9)8(11)14)7(13)10-6(3)12/h2,7,13H,1H3,(H,10,12). The Bertz CT molecular complexity index is 480. The monoisotopic (exact) mass is 214 g/mol. The van der Waals surface area contributed by atoms with Crippen LogP contribution >= 0.6 is 11.6 Å². The second-order valence-corrected chi connectivity index (χ2v) is 3.44. The van der Waals surface area contributed by atoms with Crippen LogP contribution in [0.15, 0.2) is 11.0 Å². The molecular formula is C8H7ClN2O3. The minimum atomic E-state index is -1.18. The van der Waals surface area contributed by atoms with Crippen molar-refractivity contribution < 1.29 is 9.90 Å². The number of halogens is 1. The summed E-state index contributed by atoms with van der Waals surface area (Å²) in [5.74, 6) is -0.426. The topological polar surface area (TPSA) is 71.3 Å². The zero-order chi connectivity index (χ0) is 10.5. The van der Waals surface area contributed by atoms with Crippen LogP contribution in [0.2, 0.25) is 5.02 Å². The molecule has 1 aromatic heterocycles. The molecule has 74 valence electrons. The zero-order valence-corrected chi connectivity index (χ0v) is 8.00. The maximum atomic E-state index is 11.4. The van der Waals surface area contributed by atoms with Crippen LogP contribution in [0.5, 0.6) is 0 Å². The highest BCUT2D eigenvalue weighted by atomic mass is 35.5. The fourth-order valence-corrected chi connectivity index (χ4v) is 1.77. The molecule has 2 rings (SSSR count). The van der Waals surface area contributed by atoms with Crippen molar-refractivity contribution in [2.75, 3.05) is 0 Å². The molecule has 5 nitrogen and oxygen atoms in total. The number of rotatable bonds is 0. The van der Waals surface area contributed by atoms with Crippen LogP contribution in [0.4, 0.5) is 0 Å². The lowest BCUT2D eigenvalue weighted by atomic mass is 10.1. The number of amides is 1. The van der Waals surface area contributed by atoms with Crippen molar-refractivity contribution in [3.05, 3.63) is 32.7 Å². The predicted octanol–water partition coefficient (Wildman–Crippen LogP) is -0.227. The van der Waals surface area contributed by atoms with Gasteiger partial charge in [-0.05, 0) is 0 Å². The number of aryl methyl sites for hydroxylation is 1. The average molecular weight is 215 g/mol. The number of hydrogen-bond acceptors (Lipinski definition) is 3. The molecule has 1 aliphatic heterocycles. The van der Waals surface area contributed by atoms with Crippen molar-refractivity contribution in [1.82, 2.24) is 9.88 Å². The molecule has 0 radical (unpaired) electrons. The van der Waals surface area contributed by atoms with E-state index in [9.17, 15) is 14.7 Å². The molecule has 2 heterocycles. The first kappa shape index (κ1) is 9.23. The highest BCUT2D eigenvalue weighted by molar-refractivity contribution is 6.32. The Morgan fingerprint density at radius 2 is 2.21 bits per heavy atom. The van der Waals surface area contributed by atoms with Crippen molar-refractivity contribution in [1.29, 1.82) is 0 Å². The number of carbonyl (C=O) groups is 1. The first-order valence-electron chi connectivity index (χ1n) is 3.90. The van der Waals surface area contributed by atoms with Crippen molar-refractivity contribution in [2.45, 2.75) is 6.23 Å². The first-order chi connectivity index (χ1) is 6.52. The Balaban J connectivity index is 2.83. The molecule has 1 aliphatic rings. The van der Waals surface area contributed by atoms with E-state index in [1.807, 2.05) is 0 Å². The predicted molar refractivity (Wildman–Crippen MR) is 49.1 cm³/mol. The summed E-state index contributed by atoms with van der Waals surface area (Å²) >= 11 is 5.72. The Morgan fingerprint density at radius 3 is 2.86 bits per heavy atom. The van der Waals surface area contributed by atoms with E-state index in [0.717, 1.165) is 0 Å². The van der Waals surface area contributed by atoms with E-state index in [4.69, 9.17) is 11.6 Å². The number of pyridine rings is 1. The second-order valence-electron chi connectivity index (χ2n) is 3.06. The molecule has 0 bridgehead atoms. The van der Waals surface area contributed by atoms with Gasteiger partial charge in [-0.3, -0.25) is 9.59 Å². The molecule has 1 aromatic rings. The third kappa shape index (κ3) is 1.06. The van der Waals surface area contributed by atoms with Gasteiger partial charge < -0.3 is 15.0 Å². The van der Waals surface area contributed by atoms with Gasteiger partial charge in [0.2, 0.25) is 0 Å². The molecule has 6 heteroatoms. The number of aromatic nitrogens is 1. The van der Waals surface area contributed by atoms with Gasteiger partial charge in [-0.15, -0.1) is 0 Å². The van der Waals surface area contributed by atoms with E-state index < -0.39 is 17.7 Å². The summed E-state index contributed by atoms with van der Waals surface area (Å²) in [6, 6.07) is 0. The number of aliphatic hydroxyl groups is 1. The van der Waals surface area contributed by atoms with E-state index in [-0.39, 0.29) is 16.1 Å². The lowest BCUT2D eigenvalue weighted by Gasteiger charge is -2.05. The molecule has 0 saturated carbocycles. The summed E-state index contributed by atoms with van der Waals surface area (Å²) < 4.78 is 1.21. The smallest absolute Gasteiger partial charge is 0.269 e. The van der Waals surface area contributed by atoms with Gasteiger partial charge >= 0.3 is 0 Å². The van der Waals surface area contributed by atoms with Crippen LogP contribution in [0.25, 0.3) is 0 Å². The van der Waals surface area contributed by atoms with Gasteiger partial charge in [0, 0.05) is 18.8 Å². The molecule has 1 atom stereocenters. The molecular weight excluding hydrogens is 208 g/mol. The third-order valence-electron chi connectivity index (χ3n) is 2.14. The van der Waals surface area contributed by atoms with Gasteiger partial charge in [-0.2, -0.15) is 0 Å². The van der Waals surface area contributed by atoms with E-state index in [2.05, 4.69) is 5.32 Å². The number of hydrogen-bond donors (Lipinski definition) is 2. The van der Waals surface area contributed by atoms with Crippen LogP contribution in [-0.2, 0) is 7.05 Å². The normalized spacial score (nSPS) is 19.4. The van der Waals surface area contributed by atoms with Gasteiger partial charge in [0.15, 0.2) is 6.23 Å². The summed E-state index contributed by atoms with van der Waals surface area (Å²) in [5.41, 5.74) is -0.0228. The first-order valence-corrected chi connectivity index (χ1v) is 4.28. The SMILES string of the molecule is Cn1cc2c(c(Cl)c1=O)C(O)NC2=O. The molecule has 0 aliphatic carbocycles. The van der Waals surface area contributed by atoms with Crippen molar-refractivity contribution >= 4 is 17.5 Å². The molecule has 14 heavy (non-hydrogen) atoms. The highest BCUT2D eigenvalue weighted by Gasteiger charge is 2.31. The third-order valence-corrected chi connectivity index (χ3v) is 2.51.